The minimum atomic E-state index is -4.29. The summed E-state index contributed by atoms with van der Waals surface area (Å²) in [6.45, 7) is 1.53. The van der Waals surface area contributed by atoms with Crippen LogP contribution in [0.15, 0.2) is 102 Å². The second kappa shape index (κ2) is 16.2. The van der Waals surface area contributed by atoms with Crippen molar-refractivity contribution in [3.63, 3.8) is 0 Å². The van der Waals surface area contributed by atoms with E-state index in [1.54, 1.807) is 18.2 Å². The van der Waals surface area contributed by atoms with Crippen LogP contribution in [0.25, 0.3) is 0 Å². The van der Waals surface area contributed by atoms with Gasteiger partial charge >= 0.3 is 0 Å². The molecule has 0 fully saturated rings. The van der Waals surface area contributed by atoms with Crippen molar-refractivity contribution < 1.29 is 22.7 Å². The Kier molecular flexibility index (Phi) is 12.3. The largest absolute Gasteiger partial charge is 0.497 e. The predicted octanol–water partition coefficient (Wildman–Crippen LogP) is 7.02. The van der Waals surface area contributed by atoms with Crippen LogP contribution in [0.2, 0.25) is 15.1 Å². The molecule has 8 nitrogen and oxygen atoms in total. The number of halogens is 3. The average molecular weight is 703 g/mol. The van der Waals surface area contributed by atoms with E-state index < -0.39 is 34.4 Å². The molecule has 0 radical (unpaired) electrons. The molecule has 0 spiro atoms. The lowest BCUT2D eigenvalue weighted by molar-refractivity contribution is -0.140. The summed E-state index contributed by atoms with van der Waals surface area (Å²) in [5, 5.41) is 3.90. The lowest BCUT2D eigenvalue weighted by atomic mass is 10.0. The van der Waals surface area contributed by atoms with E-state index in [9.17, 15) is 18.0 Å². The molecule has 4 aromatic rings. The number of sulfonamides is 1. The van der Waals surface area contributed by atoms with Crippen molar-refractivity contribution in [1.82, 2.24) is 10.2 Å². The summed E-state index contributed by atoms with van der Waals surface area (Å²) in [7, 11) is -2.82. The highest BCUT2D eigenvalue weighted by Gasteiger charge is 2.35. The van der Waals surface area contributed by atoms with Gasteiger partial charge in [-0.25, -0.2) is 8.42 Å². The van der Waals surface area contributed by atoms with Gasteiger partial charge in [-0.1, -0.05) is 78.1 Å². The molecule has 46 heavy (non-hydrogen) atoms. The molecule has 0 saturated carbocycles. The van der Waals surface area contributed by atoms with Gasteiger partial charge in [-0.2, -0.15) is 0 Å². The first-order valence-corrected chi connectivity index (χ1v) is 17.1. The number of amides is 2. The van der Waals surface area contributed by atoms with Crippen LogP contribution in [0.1, 0.15) is 24.5 Å². The van der Waals surface area contributed by atoms with E-state index in [0.717, 1.165) is 9.87 Å². The number of ether oxygens (including phenoxy) is 1. The SMILES string of the molecule is CCCNC(=O)[C@H](Cc1ccccc1)N(Cc1c(Cl)cccc1Cl)C(=O)CN(c1ccc(Cl)cc1)S(=O)(=O)c1ccc(OC)cc1. The first kappa shape index (κ1) is 35.1. The van der Waals surface area contributed by atoms with Crippen LogP contribution in [-0.2, 0) is 32.6 Å². The maximum atomic E-state index is 14.5. The van der Waals surface area contributed by atoms with Crippen LogP contribution >= 0.6 is 34.8 Å². The molecule has 2 amide bonds. The first-order chi connectivity index (χ1) is 22.0. The van der Waals surface area contributed by atoms with Crippen molar-refractivity contribution in [3.8, 4) is 5.75 Å². The fourth-order valence-electron chi connectivity index (χ4n) is 4.78. The Hall–Kier alpha value is -3.76. The minimum absolute atomic E-state index is 0.0572. The van der Waals surface area contributed by atoms with Crippen LogP contribution in [0, 0.1) is 0 Å². The standard InChI is InChI=1S/C34H34Cl3N3O5S/c1-3-20-38-34(42)32(21-24-8-5-4-6-9-24)39(22-29-30(36)10-7-11-31(29)37)33(41)23-40(26-14-12-25(35)13-15-26)46(43,44)28-18-16-27(45-2)17-19-28/h4-19,32H,3,20-23H2,1-2H3,(H,38,42)/t32-/m0/s1. The highest BCUT2D eigenvalue weighted by atomic mass is 35.5. The molecular formula is C34H34Cl3N3O5S. The summed E-state index contributed by atoms with van der Waals surface area (Å²) in [5.74, 6) is -0.563. The van der Waals surface area contributed by atoms with Gasteiger partial charge in [-0.3, -0.25) is 13.9 Å². The van der Waals surface area contributed by atoms with E-state index in [4.69, 9.17) is 39.5 Å². The second-order valence-electron chi connectivity index (χ2n) is 10.4. The van der Waals surface area contributed by atoms with Gasteiger partial charge in [0, 0.05) is 40.1 Å². The summed E-state index contributed by atoms with van der Waals surface area (Å²) in [5.41, 5.74) is 1.44. The topological polar surface area (TPSA) is 96.0 Å². The van der Waals surface area contributed by atoms with Crippen molar-refractivity contribution in [2.75, 3.05) is 24.5 Å². The lowest BCUT2D eigenvalue weighted by Crippen LogP contribution is -2.53. The summed E-state index contributed by atoms with van der Waals surface area (Å²) in [6, 6.07) is 25.2. The molecule has 0 saturated heterocycles. The summed E-state index contributed by atoms with van der Waals surface area (Å²) in [6.07, 6.45) is 0.842. The number of hydrogen-bond donors (Lipinski definition) is 1. The number of carbonyl (C=O) groups excluding carboxylic acids is 2. The number of rotatable bonds is 14. The van der Waals surface area contributed by atoms with E-state index in [1.165, 1.54) is 60.5 Å². The highest BCUT2D eigenvalue weighted by molar-refractivity contribution is 7.92. The summed E-state index contributed by atoms with van der Waals surface area (Å²) in [4.78, 5) is 29.6. The molecule has 0 aliphatic rings. The monoisotopic (exact) mass is 701 g/mol. The Morgan fingerprint density at radius 3 is 2.07 bits per heavy atom. The van der Waals surface area contributed by atoms with Gasteiger partial charge in [-0.05, 0) is 72.6 Å². The van der Waals surface area contributed by atoms with E-state index in [2.05, 4.69) is 5.32 Å². The summed E-state index contributed by atoms with van der Waals surface area (Å²) >= 11 is 19.2. The van der Waals surface area contributed by atoms with Crippen LogP contribution in [0.4, 0.5) is 5.69 Å². The molecule has 1 atom stereocenters. The number of nitrogens with zero attached hydrogens (tertiary/aromatic N) is 2. The molecule has 242 valence electrons. The van der Waals surface area contributed by atoms with Crippen molar-refractivity contribution in [3.05, 3.63) is 123 Å². The number of methoxy groups -OCH3 is 1. The minimum Gasteiger partial charge on any atom is -0.497 e. The third-order valence-electron chi connectivity index (χ3n) is 7.25. The fraction of sp³-hybridized carbons (Fsp3) is 0.235. The van der Waals surface area contributed by atoms with Crippen molar-refractivity contribution in [2.24, 2.45) is 0 Å². The zero-order valence-corrected chi connectivity index (χ0v) is 28.4. The van der Waals surface area contributed by atoms with Crippen LogP contribution in [0.5, 0.6) is 5.75 Å². The van der Waals surface area contributed by atoms with Gasteiger partial charge in [0.1, 0.15) is 18.3 Å². The number of carbonyl (C=O) groups is 2. The van der Waals surface area contributed by atoms with E-state index in [1.807, 2.05) is 37.3 Å². The molecule has 1 N–H and O–H groups in total. The van der Waals surface area contributed by atoms with Crippen molar-refractivity contribution in [1.29, 1.82) is 0 Å². The molecule has 0 bridgehead atoms. The van der Waals surface area contributed by atoms with E-state index >= 15 is 0 Å². The number of benzene rings is 4. The van der Waals surface area contributed by atoms with Crippen molar-refractivity contribution in [2.45, 2.75) is 37.2 Å². The smallest absolute Gasteiger partial charge is 0.264 e. The Bertz CT molecular complexity index is 1720. The zero-order valence-electron chi connectivity index (χ0n) is 25.3. The molecule has 0 aromatic heterocycles. The van der Waals surface area contributed by atoms with E-state index in [-0.39, 0.29) is 23.5 Å². The van der Waals surface area contributed by atoms with Crippen LogP contribution in [-0.4, -0.2) is 51.4 Å². The molecule has 4 aromatic carbocycles. The first-order valence-electron chi connectivity index (χ1n) is 14.5. The highest BCUT2D eigenvalue weighted by Crippen LogP contribution is 2.30. The maximum Gasteiger partial charge on any atom is 0.264 e. The normalized spacial score (nSPS) is 11.8. The Morgan fingerprint density at radius 2 is 1.48 bits per heavy atom. The molecule has 0 aliphatic carbocycles. The van der Waals surface area contributed by atoms with Crippen LogP contribution < -0.4 is 14.4 Å². The third-order valence-corrected chi connectivity index (χ3v) is 10.00. The number of anilines is 1. The molecular weight excluding hydrogens is 669 g/mol. The Balaban J connectivity index is 1.82. The van der Waals surface area contributed by atoms with Gasteiger partial charge in [0.25, 0.3) is 10.0 Å². The predicted molar refractivity (Wildman–Crippen MR) is 183 cm³/mol. The van der Waals surface area contributed by atoms with Crippen LogP contribution in [0.3, 0.4) is 0 Å². The fourth-order valence-corrected chi connectivity index (χ4v) is 6.84. The Morgan fingerprint density at radius 1 is 0.848 bits per heavy atom. The summed E-state index contributed by atoms with van der Waals surface area (Å²) < 4.78 is 34.5. The van der Waals surface area contributed by atoms with Gasteiger partial charge < -0.3 is 15.0 Å². The molecule has 0 heterocycles. The zero-order chi connectivity index (χ0) is 33.3. The van der Waals surface area contributed by atoms with E-state index in [0.29, 0.717) is 39.3 Å². The third kappa shape index (κ3) is 8.73. The number of hydrogen-bond acceptors (Lipinski definition) is 5. The second-order valence-corrected chi connectivity index (χ2v) is 13.5. The Labute approximate surface area is 284 Å². The van der Waals surface area contributed by atoms with Gasteiger partial charge in [0.05, 0.1) is 17.7 Å². The quantitative estimate of drug-likeness (QED) is 0.153. The maximum absolute atomic E-state index is 14.5. The average Bonchev–Trinajstić information content (AvgIpc) is 3.06. The lowest BCUT2D eigenvalue weighted by Gasteiger charge is -2.34. The van der Waals surface area contributed by atoms with Crippen molar-refractivity contribution >= 4 is 62.3 Å². The molecule has 12 heteroatoms. The molecule has 4 rings (SSSR count). The molecule has 0 aliphatic heterocycles. The van der Waals surface area contributed by atoms with Gasteiger partial charge in [0.2, 0.25) is 11.8 Å². The van der Waals surface area contributed by atoms with Gasteiger partial charge in [0.15, 0.2) is 0 Å². The van der Waals surface area contributed by atoms with Gasteiger partial charge in [-0.15, -0.1) is 0 Å². The number of nitrogens with one attached hydrogen (secondary N) is 1. The molecule has 0 unspecified atom stereocenters.